The van der Waals surface area contributed by atoms with Crippen molar-refractivity contribution in [3.8, 4) is 5.75 Å². The molecule has 0 aromatic heterocycles. The number of ether oxygens (including phenoxy) is 1. The van der Waals surface area contributed by atoms with Crippen LogP contribution in [0.2, 0.25) is 10.0 Å². The molecule has 34 heavy (non-hydrogen) atoms. The fourth-order valence-corrected chi connectivity index (χ4v) is 4.53. The quantitative estimate of drug-likeness (QED) is 0.318. The average molecular weight is 495 g/mol. The van der Waals surface area contributed by atoms with Gasteiger partial charge >= 0.3 is 0 Å². The zero-order chi connectivity index (χ0) is 24.5. The molecule has 4 rings (SSSR count). The lowest BCUT2D eigenvalue weighted by atomic mass is 9.85. The third-order valence-corrected chi connectivity index (χ3v) is 5.95. The molecule has 5 nitrogen and oxygen atoms in total. The highest BCUT2D eigenvalue weighted by molar-refractivity contribution is 6.35. The largest absolute Gasteiger partial charge is 0.497 e. The Balaban J connectivity index is 1.61. The van der Waals surface area contributed by atoms with E-state index in [4.69, 9.17) is 27.9 Å². The Labute approximate surface area is 208 Å². The van der Waals surface area contributed by atoms with Gasteiger partial charge in [-0.05, 0) is 68.3 Å². The lowest BCUT2D eigenvalue weighted by Crippen LogP contribution is -2.43. The summed E-state index contributed by atoms with van der Waals surface area (Å²) in [4.78, 5) is 25.8. The average Bonchev–Trinajstić information content (AvgIpc) is 2.77. The van der Waals surface area contributed by atoms with E-state index in [-0.39, 0.29) is 17.2 Å². The second kappa shape index (κ2) is 9.53. The van der Waals surface area contributed by atoms with Crippen molar-refractivity contribution < 1.29 is 14.3 Å². The topological polar surface area (TPSA) is 67.4 Å². The summed E-state index contributed by atoms with van der Waals surface area (Å²) in [5.41, 5.74) is 3.88. The monoisotopic (exact) mass is 494 g/mol. The number of halogens is 2. The molecule has 0 saturated heterocycles. The molecule has 7 heteroatoms. The molecule has 0 aliphatic carbocycles. The molecule has 3 aromatic rings. The van der Waals surface area contributed by atoms with Gasteiger partial charge in [-0.1, -0.05) is 41.4 Å². The molecule has 174 valence electrons. The number of carbonyl (C=O) groups excluding carboxylic acids is 2. The minimum Gasteiger partial charge on any atom is -0.497 e. The lowest BCUT2D eigenvalue weighted by Gasteiger charge is -2.35. The Kier molecular flexibility index (Phi) is 6.69. The highest BCUT2D eigenvalue weighted by Gasteiger charge is 2.28. The molecule has 1 aliphatic heterocycles. The summed E-state index contributed by atoms with van der Waals surface area (Å²) in [5, 5.41) is 7.00. The number of ketones is 1. The molecule has 0 spiro atoms. The number of hydrogen-bond donors (Lipinski definition) is 2. The first-order chi connectivity index (χ1) is 16.1. The third kappa shape index (κ3) is 5.44. The first-order valence-corrected chi connectivity index (χ1v) is 11.5. The first-order valence-electron chi connectivity index (χ1n) is 10.7. The zero-order valence-electron chi connectivity index (χ0n) is 19.0. The number of anilines is 1. The Morgan fingerprint density at radius 2 is 1.74 bits per heavy atom. The van der Waals surface area contributed by atoms with Gasteiger partial charge in [0.2, 0.25) is 0 Å². The van der Waals surface area contributed by atoms with E-state index in [1.165, 1.54) is 12.1 Å². The van der Waals surface area contributed by atoms with E-state index in [0.29, 0.717) is 26.9 Å². The smallest absolute Gasteiger partial charge is 0.255 e. The molecular weight excluding hydrogens is 471 g/mol. The Morgan fingerprint density at radius 1 is 1.00 bits per heavy atom. The molecule has 0 unspecified atom stereocenters. The van der Waals surface area contributed by atoms with Gasteiger partial charge in [-0.25, -0.2) is 0 Å². The fourth-order valence-electron chi connectivity index (χ4n) is 4.01. The van der Waals surface area contributed by atoms with Crippen molar-refractivity contribution in [1.82, 2.24) is 5.32 Å². The summed E-state index contributed by atoms with van der Waals surface area (Å²) in [6, 6.07) is 17.3. The molecule has 0 atom stereocenters. The molecule has 0 fully saturated rings. The number of benzene rings is 3. The van der Waals surface area contributed by atoms with Crippen molar-refractivity contribution in [1.29, 1.82) is 0 Å². The van der Waals surface area contributed by atoms with E-state index in [9.17, 15) is 9.59 Å². The summed E-state index contributed by atoms with van der Waals surface area (Å²) >= 11 is 12.0. The second-order valence-corrected chi connectivity index (χ2v) is 9.70. The number of allylic oxidation sites excluding steroid dienone is 1. The SMILES string of the molecule is COc1ccc2c(c1)/C(=C/C(=O)c1cccc(NC(=O)c3cc(Cl)cc(Cl)c3)c1)NC(C)(C)C2. The minimum atomic E-state index is -0.371. The number of hydrogen-bond acceptors (Lipinski definition) is 4. The Hall–Kier alpha value is -3.28. The second-order valence-electron chi connectivity index (χ2n) is 8.82. The maximum absolute atomic E-state index is 13.2. The minimum absolute atomic E-state index is 0.184. The van der Waals surface area contributed by atoms with Crippen LogP contribution in [0.25, 0.3) is 5.70 Å². The van der Waals surface area contributed by atoms with Crippen molar-refractivity contribution >= 4 is 46.3 Å². The number of fused-ring (bicyclic) bond motifs is 1. The predicted octanol–water partition coefficient (Wildman–Crippen LogP) is 6.40. The standard InChI is InChI=1S/C27H24Cl2N2O3/c1-27(2)15-17-7-8-22(34-3)13-23(17)24(31-27)14-25(32)16-5-4-6-21(11-16)30-26(33)18-9-19(28)12-20(29)10-18/h4-14,31H,15H2,1-3H3,(H,30,33)/b24-14-. The predicted molar refractivity (Wildman–Crippen MR) is 137 cm³/mol. The van der Waals surface area contributed by atoms with Crippen LogP contribution in [0.5, 0.6) is 5.75 Å². The van der Waals surface area contributed by atoms with Crippen LogP contribution in [0, 0.1) is 0 Å². The summed E-state index contributed by atoms with van der Waals surface area (Å²) in [6.07, 6.45) is 2.42. The molecule has 3 aromatic carbocycles. The highest BCUT2D eigenvalue weighted by atomic mass is 35.5. The van der Waals surface area contributed by atoms with Crippen molar-refractivity contribution in [2.75, 3.05) is 12.4 Å². The summed E-state index contributed by atoms with van der Waals surface area (Å²) in [6.45, 7) is 4.19. The molecule has 2 N–H and O–H groups in total. The summed E-state index contributed by atoms with van der Waals surface area (Å²) in [5.74, 6) is 0.171. The Morgan fingerprint density at radius 3 is 2.44 bits per heavy atom. The van der Waals surface area contributed by atoms with Gasteiger partial charge in [0, 0.05) is 49.7 Å². The van der Waals surface area contributed by atoms with Crippen LogP contribution in [-0.2, 0) is 6.42 Å². The maximum Gasteiger partial charge on any atom is 0.255 e. The van der Waals surface area contributed by atoms with Crippen molar-refractivity contribution in [3.63, 3.8) is 0 Å². The van der Waals surface area contributed by atoms with E-state index < -0.39 is 0 Å². The van der Waals surface area contributed by atoms with Gasteiger partial charge in [0.1, 0.15) is 5.75 Å². The van der Waals surface area contributed by atoms with E-state index in [2.05, 4.69) is 24.5 Å². The molecule has 1 amide bonds. The summed E-state index contributed by atoms with van der Waals surface area (Å²) in [7, 11) is 1.62. The maximum atomic E-state index is 13.2. The van der Waals surface area contributed by atoms with Gasteiger partial charge in [0.15, 0.2) is 5.78 Å². The van der Waals surface area contributed by atoms with Crippen LogP contribution in [0.1, 0.15) is 45.7 Å². The molecule has 1 heterocycles. The van der Waals surface area contributed by atoms with Crippen molar-refractivity contribution in [2.45, 2.75) is 25.8 Å². The van der Waals surface area contributed by atoms with Crippen molar-refractivity contribution in [3.05, 3.63) is 99.0 Å². The number of nitrogens with one attached hydrogen (secondary N) is 2. The van der Waals surface area contributed by atoms with E-state index in [1.54, 1.807) is 43.5 Å². The Bertz CT molecular complexity index is 1290. The van der Waals surface area contributed by atoms with Crippen LogP contribution in [0.15, 0.2) is 66.7 Å². The zero-order valence-corrected chi connectivity index (χ0v) is 20.6. The van der Waals surface area contributed by atoms with Gasteiger partial charge in [-0.2, -0.15) is 0 Å². The van der Waals surface area contributed by atoms with E-state index >= 15 is 0 Å². The number of carbonyl (C=O) groups is 2. The van der Waals surface area contributed by atoms with Crippen molar-refractivity contribution in [2.24, 2.45) is 0 Å². The first kappa shape index (κ1) is 23.9. The highest BCUT2D eigenvalue weighted by Crippen LogP contribution is 2.32. The normalized spacial score (nSPS) is 15.3. The fraction of sp³-hybridized carbons (Fsp3) is 0.185. The van der Waals surface area contributed by atoms with Crippen LogP contribution in [0.4, 0.5) is 5.69 Å². The van der Waals surface area contributed by atoms with E-state index in [0.717, 1.165) is 29.0 Å². The van der Waals surface area contributed by atoms with Gasteiger partial charge in [-0.15, -0.1) is 0 Å². The molecule has 0 radical (unpaired) electrons. The third-order valence-electron chi connectivity index (χ3n) is 5.52. The van der Waals surface area contributed by atoms with Crippen LogP contribution in [-0.4, -0.2) is 24.3 Å². The van der Waals surface area contributed by atoms with Crippen LogP contribution >= 0.6 is 23.2 Å². The molecule has 1 aliphatic rings. The number of amides is 1. The molecule has 0 saturated carbocycles. The van der Waals surface area contributed by atoms with Gasteiger partial charge < -0.3 is 15.4 Å². The van der Waals surface area contributed by atoms with Gasteiger partial charge in [0.25, 0.3) is 5.91 Å². The van der Waals surface area contributed by atoms with E-state index in [1.807, 2.05) is 18.2 Å². The van der Waals surface area contributed by atoms with Gasteiger partial charge in [0.05, 0.1) is 7.11 Å². The number of methoxy groups -OCH3 is 1. The van der Waals surface area contributed by atoms with Gasteiger partial charge in [-0.3, -0.25) is 9.59 Å². The molecular formula is C27H24Cl2N2O3. The number of rotatable bonds is 5. The van der Waals surface area contributed by atoms with Crippen LogP contribution < -0.4 is 15.4 Å². The molecule has 0 bridgehead atoms. The summed E-state index contributed by atoms with van der Waals surface area (Å²) < 4.78 is 5.38. The van der Waals surface area contributed by atoms with Crippen LogP contribution in [0.3, 0.4) is 0 Å². The lowest BCUT2D eigenvalue weighted by molar-refractivity contribution is 0.102.